The van der Waals surface area contributed by atoms with Crippen molar-refractivity contribution < 1.29 is 14.7 Å². The number of carbonyl (C=O) groups is 2. The van der Waals surface area contributed by atoms with E-state index in [4.69, 9.17) is 5.11 Å². The van der Waals surface area contributed by atoms with Crippen LogP contribution in [0.4, 0.5) is 5.69 Å². The molecule has 0 aromatic carbocycles. The van der Waals surface area contributed by atoms with E-state index >= 15 is 0 Å². The van der Waals surface area contributed by atoms with Gasteiger partial charge in [-0.05, 0) is 26.7 Å². The molecular weight excluding hydrogens is 222 g/mol. The van der Waals surface area contributed by atoms with Gasteiger partial charge in [0.25, 0.3) is 0 Å². The third-order valence-electron chi connectivity index (χ3n) is 2.89. The molecule has 1 aromatic rings. The number of anilines is 1. The van der Waals surface area contributed by atoms with Crippen LogP contribution in [0, 0.1) is 5.92 Å². The maximum Gasteiger partial charge on any atom is 0.331 e. The smallest absolute Gasteiger partial charge is 0.331 e. The first-order chi connectivity index (χ1) is 7.91. The van der Waals surface area contributed by atoms with Crippen LogP contribution >= 0.6 is 0 Å². The first-order valence-corrected chi connectivity index (χ1v) is 5.50. The minimum absolute atomic E-state index is 0.0160. The van der Waals surface area contributed by atoms with Crippen molar-refractivity contribution in [2.45, 2.75) is 32.2 Å². The Bertz CT molecular complexity index is 460. The highest BCUT2D eigenvalue weighted by Crippen LogP contribution is 2.30. The Morgan fingerprint density at radius 2 is 2.18 bits per heavy atom. The zero-order chi connectivity index (χ0) is 12.6. The van der Waals surface area contributed by atoms with Gasteiger partial charge in [0.1, 0.15) is 0 Å². The van der Waals surface area contributed by atoms with Gasteiger partial charge in [-0.3, -0.25) is 9.48 Å². The topological polar surface area (TPSA) is 84.2 Å². The fourth-order valence-electron chi connectivity index (χ4n) is 1.38. The van der Waals surface area contributed by atoms with Crippen molar-refractivity contribution in [1.82, 2.24) is 9.78 Å². The molecule has 1 amide bonds. The van der Waals surface area contributed by atoms with Crippen molar-refractivity contribution in [3.63, 3.8) is 0 Å². The highest BCUT2D eigenvalue weighted by Gasteiger charge is 2.32. The van der Waals surface area contributed by atoms with E-state index in [0.717, 1.165) is 12.8 Å². The fraction of sp³-hybridized carbons (Fsp3) is 0.545. The number of hydrogen-bond donors (Lipinski definition) is 2. The molecule has 1 saturated carbocycles. The van der Waals surface area contributed by atoms with Crippen LogP contribution in [0.2, 0.25) is 0 Å². The number of hydrogen-bond acceptors (Lipinski definition) is 3. The lowest BCUT2D eigenvalue weighted by Crippen LogP contribution is -2.35. The lowest BCUT2D eigenvalue weighted by molar-refractivity contribution is -0.146. The van der Waals surface area contributed by atoms with Crippen LogP contribution in [0.15, 0.2) is 12.4 Å². The second-order valence-electron chi connectivity index (χ2n) is 4.80. The number of carboxylic acids is 1. The number of rotatable bonds is 4. The minimum Gasteiger partial charge on any atom is -0.479 e. The van der Waals surface area contributed by atoms with Crippen LogP contribution in [0.3, 0.4) is 0 Å². The Balaban J connectivity index is 2.10. The van der Waals surface area contributed by atoms with Gasteiger partial charge in [-0.15, -0.1) is 0 Å². The first kappa shape index (κ1) is 11.6. The molecule has 1 aliphatic rings. The van der Waals surface area contributed by atoms with Crippen molar-refractivity contribution in [2.24, 2.45) is 5.92 Å². The van der Waals surface area contributed by atoms with Gasteiger partial charge in [0.15, 0.2) is 5.54 Å². The Hall–Kier alpha value is -1.85. The third-order valence-corrected chi connectivity index (χ3v) is 2.89. The van der Waals surface area contributed by atoms with Crippen LogP contribution in [0.5, 0.6) is 0 Å². The summed E-state index contributed by atoms with van der Waals surface area (Å²) < 4.78 is 1.33. The van der Waals surface area contributed by atoms with Gasteiger partial charge >= 0.3 is 5.97 Å². The quantitative estimate of drug-likeness (QED) is 0.819. The van der Waals surface area contributed by atoms with E-state index in [1.807, 2.05) is 0 Å². The molecule has 1 fully saturated rings. The summed E-state index contributed by atoms with van der Waals surface area (Å²) in [6.07, 6.45) is 4.86. The van der Waals surface area contributed by atoms with E-state index in [1.54, 1.807) is 13.8 Å². The van der Waals surface area contributed by atoms with E-state index in [9.17, 15) is 9.59 Å². The van der Waals surface area contributed by atoms with E-state index < -0.39 is 11.5 Å². The van der Waals surface area contributed by atoms with Gasteiger partial charge in [0.2, 0.25) is 5.91 Å². The first-order valence-electron chi connectivity index (χ1n) is 5.50. The van der Waals surface area contributed by atoms with Gasteiger partial charge in [0.05, 0.1) is 11.9 Å². The molecule has 1 heterocycles. The maximum absolute atomic E-state index is 11.5. The van der Waals surface area contributed by atoms with E-state index in [0.29, 0.717) is 5.69 Å². The minimum atomic E-state index is -1.12. The SMILES string of the molecule is CC(C)(C(=O)O)n1cc(NC(=O)C2CC2)cn1. The fourth-order valence-corrected chi connectivity index (χ4v) is 1.38. The predicted molar refractivity (Wildman–Crippen MR) is 60.5 cm³/mol. The summed E-state index contributed by atoms with van der Waals surface area (Å²) in [6.45, 7) is 3.10. The molecule has 1 aromatic heterocycles. The standard InChI is InChI=1S/C11H15N3O3/c1-11(2,10(16)17)14-6-8(5-12-14)13-9(15)7-3-4-7/h5-7H,3-4H2,1-2H3,(H,13,15)(H,16,17). The van der Waals surface area contributed by atoms with Crippen LogP contribution in [0.25, 0.3) is 0 Å². The number of aromatic nitrogens is 2. The van der Waals surface area contributed by atoms with Gasteiger partial charge in [0, 0.05) is 12.1 Å². The number of nitrogens with zero attached hydrogens (tertiary/aromatic N) is 2. The van der Waals surface area contributed by atoms with Crippen molar-refractivity contribution in [3.05, 3.63) is 12.4 Å². The summed E-state index contributed by atoms with van der Waals surface area (Å²) in [4.78, 5) is 22.5. The normalized spacial score (nSPS) is 15.6. The molecule has 0 radical (unpaired) electrons. The average Bonchev–Trinajstić information content (AvgIpc) is 2.99. The van der Waals surface area contributed by atoms with Crippen molar-refractivity contribution in [1.29, 1.82) is 0 Å². The molecule has 0 saturated heterocycles. The lowest BCUT2D eigenvalue weighted by atomic mass is 10.1. The molecule has 0 aliphatic heterocycles. The second-order valence-corrected chi connectivity index (χ2v) is 4.80. The molecule has 2 N–H and O–H groups in total. The Kier molecular flexibility index (Phi) is 2.65. The van der Waals surface area contributed by atoms with Crippen LogP contribution in [-0.4, -0.2) is 26.8 Å². The lowest BCUT2D eigenvalue weighted by Gasteiger charge is -2.19. The molecule has 17 heavy (non-hydrogen) atoms. The monoisotopic (exact) mass is 237 g/mol. The molecule has 0 bridgehead atoms. The van der Waals surface area contributed by atoms with E-state index in [2.05, 4.69) is 10.4 Å². The Morgan fingerprint density at radius 3 is 2.71 bits per heavy atom. The summed E-state index contributed by atoms with van der Waals surface area (Å²) in [6, 6.07) is 0. The van der Waals surface area contributed by atoms with Crippen molar-refractivity contribution in [2.75, 3.05) is 5.32 Å². The Labute approximate surface area is 98.6 Å². The van der Waals surface area contributed by atoms with Crippen molar-refractivity contribution in [3.8, 4) is 0 Å². The molecule has 6 heteroatoms. The number of amides is 1. The molecule has 1 aliphatic carbocycles. The molecule has 6 nitrogen and oxygen atoms in total. The van der Waals surface area contributed by atoms with Gasteiger partial charge in [-0.1, -0.05) is 0 Å². The van der Waals surface area contributed by atoms with E-state index in [-0.39, 0.29) is 11.8 Å². The number of carbonyl (C=O) groups excluding carboxylic acids is 1. The summed E-state index contributed by atoms with van der Waals surface area (Å²) in [5, 5.41) is 15.7. The highest BCUT2D eigenvalue weighted by atomic mass is 16.4. The molecular formula is C11H15N3O3. The van der Waals surface area contributed by atoms with Crippen LogP contribution in [0.1, 0.15) is 26.7 Å². The summed E-state index contributed by atoms with van der Waals surface area (Å²) >= 11 is 0. The third kappa shape index (κ3) is 2.30. The predicted octanol–water partition coefficient (Wildman–Crippen LogP) is 1.05. The number of carboxylic acid groups (broad SMARTS) is 1. The molecule has 92 valence electrons. The van der Waals surface area contributed by atoms with Gasteiger partial charge < -0.3 is 10.4 Å². The number of aliphatic carboxylic acids is 1. The molecule has 0 unspecified atom stereocenters. The van der Waals surface area contributed by atoms with E-state index in [1.165, 1.54) is 17.1 Å². The maximum atomic E-state index is 11.5. The Morgan fingerprint density at radius 1 is 1.53 bits per heavy atom. The largest absolute Gasteiger partial charge is 0.479 e. The molecule has 2 rings (SSSR count). The zero-order valence-electron chi connectivity index (χ0n) is 9.80. The van der Waals surface area contributed by atoms with Crippen LogP contribution in [-0.2, 0) is 15.1 Å². The molecule has 0 atom stereocenters. The summed E-state index contributed by atoms with van der Waals surface area (Å²) in [5.74, 6) is -0.871. The van der Waals surface area contributed by atoms with Crippen molar-refractivity contribution >= 4 is 17.6 Å². The summed E-state index contributed by atoms with van der Waals surface area (Å²) in [5.41, 5.74) is -0.584. The van der Waals surface area contributed by atoms with Gasteiger partial charge in [-0.2, -0.15) is 5.10 Å². The zero-order valence-corrected chi connectivity index (χ0v) is 9.80. The van der Waals surface area contributed by atoms with Gasteiger partial charge in [-0.25, -0.2) is 4.79 Å². The molecule has 0 spiro atoms. The summed E-state index contributed by atoms with van der Waals surface area (Å²) in [7, 11) is 0. The average molecular weight is 237 g/mol. The highest BCUT2D eigenvalue weighted by molar-refractivity contribution is 5.93. The number of nitrogens with one attached hydrogen (secondary N) is 1. The van der Waals surface area contributed by atoms with Crippen LogP contribution < -0.4 is 5.32 Å². The second kappa shape index (κ2) is 3.87.